The second-order valence-corrected chi connectivity index (χ2v) is 4.73. The molecule has 0 radical (unpaired) electrons. The molecule has 2 rings (SSSR count). The number of nitrogens with zero attached hydrogens (tertiary/aromatic N) is 1. The number of rotatable bonds is 3. The van der Waals surface area contributed by atoms with Crippen LogP contribution in [0.3, 0.4) is 0 Å². The third kappa shape index (κ3) is 3.08. The van der Waals surface area contributed by atoms with Gasteiger partial charge in [-0.05, 0) is 36.8 Å². The summed E-state index contributed by atoms with van der Waals surface area (Å²) in [6.07, 6.45) is 0. The Morgan fingerprint density at radius 2 is 1.90 bits per heavy atom. The number of halogens is 2. The molecule has 0 fully saturated rings. The minimum absolute atomic E-state index is 0.0253. The van der Waals surface area contributed by atoms with Crippen molar-refractivity contribution in [3.05, 3.63) is 58.4 Å². The van der Waals surface area contributed by atoms with Crippen LogP contribution in [-0.4, -0.2) is 0 Å². The fourth-order valence-electron chi connectivity index (χ4n) is 1.73. The number of ether oxygens (including phenoxy) is 1. The number of nitriles is 1. The molecule has 20 heavy (non-hydrogen) atoms. The maximum absolute atomic E-state index is 13.5. The van der Waals surface area contributed by atoms with Gasteiger partial charge < -0.3 is 10.5 Å². The molecule has 0 amide bonds. The van der Waals surface area contributed by atoms with Crippen LogP contribution in [0.25, 0.3) is 0 Å². The van der Waals surface area contributed by atoms with E-state index in [0.29, 0.717) is 16.5 Å². The Labute approximate surface area is 121 Å². The Morgan fingerprint density at radius 3 is 2.45 bits per heavy atom. The van der Waals surface area contributed by atoms with Crippen LogP contribution in [0.15, 0.2) is 36.4 Å². The lowest BCUT2D eigenvalue weighted by Crippen LogP contribution is -2.05. The number of benzene rings is 2. The average molecular weight is 291 g/mol. The molecule has 102 valence electrons. The first-order valence-corrected chi connectivity index (χ1v) is 6.31. The highest BCUT2D eigenvalue weighted by molar-refractivity contribution is 6.31. The largest absolute Gasteiger partial charge is 0.457 e. The highest BCUT2D eigenvalue weighted by Crippen LogP contribution is 2.29. The van der Waals surface area contributed by atoms with Crippen LogP contribution < -0.4 is 10.5 Å². The summed E-state index contributed by atoms with van der Waals surface area (Å²) in [4.78, 5) is 0. The van der Waals surface area contributed by atoms with E-state index in [-0.39, 0.29) is 11.6 Å². The molecule has 0 aliphatic carbocycles. The first-order chi connectivity index (χ1) is 9.51. The van der Waals surface area contributed by atoms with E-state index in [1.807, 2.05) is 6.92 Å². The summed E-state index contributed by atoms with van der Waals surface area (Å²) in [7, 11) is 0. The van der Waals surface area contributed by atoms with Crippen molar-refractivity contribution in [1.29, 1.82) is 5.26 Å². The van der Waals surface area contributed by atoms with Gasteiger partial charge >= 0.3 is 0 Å². The SMILES string of the molecule is CC(N)c1ccc(Oc2ccc(C#N)c(F)c2)cc1Cl. The highest BCUT2D eigenvalue weighted by atomic mass is 35.5. The standard InChI is InChI=1S/C15H12ClFN2O/c1-9(19)13-5-4-11(6-14(13)16)20-12-3-2-10(8-18)15(17)7-12/h2-7,9H,19H2,1H3. The van der Waals surface area contributed by atoms with Crippen molar-refractivity contribution < 1.29 is 9.13 Å². The maximum Gasteiger partial charge on any atom is 0.144 e. The van der Waals surface area contributed by atoms with E-state index in [4.69, 9.17) is 27.3 Å². The number of nitrogens with two attached hydrogens (primary N) is 1. The van der Waals surface area contributed by atoms with E-state index < -0.39 is 5.82 Å². The Balaban J connectivity index is 2.25. The molecule has 2 aromatic carbocycles. The fraction of sp³-hybridized carbons (Fsp3) is 0.133. The normalized spacial score (nSPS) is 11.8. The van der Waals surface area contributed by atoms with Crippen LogP contribution in [0.2, 0.25) is 5.02 Å². The quantitative estimate of drug-likeness (QED) is 0.923. The van der Waals surface area contributed by atoms with Crippen molar-refractivity contribution >= 4 is 11.6 Å². The Kier molecular flexibility index (Phi) is 4.23. The molecule has 0 aliphatic rings. The first-order valence-electron chi connectivity index (χ1n) is 5.94. The van der Waals surface area contributed by atoms with Crippen LogP contribution in [-0.2, 0) is 0 Å². The summed E-state index contributed by atoms with van der Waals surface area (Å²) in [5, 5.41) is 9.15. The van der Waals surface area contributed by atoms with Gasteiger partial charge in [-0.15, -0.1) is 0 Å². The molecule has 0 spiro atoms. The van der Waals surface area contributed by atoms with Crippen molar-refractivity contribution in [3.8, 4) is 17.6 Å². The summed E-state index contributed by atoms with van der Waals surface area (Å²) in [5.74, 6) is 0.151. The molecule has 0 aromatic heterocycles. The van der Waals surface area contributed by atoms with Gasteiger partial charge in [0.1, 0.15) is 23.4 Å². The highest BCUT2D eigenvalue weighted by Gasteiger charge is 2.08. The van der Waals surface area contributed by atoms with Gasteiger partial charge in [0.05, 0.1) is 5.56 Å². The van der Waals surface area contributed by atoms with Gasteiger partial charge in [0.2, 0.25) is 0 Å². The topological polar surface area (TPSA) is 59.0 Å². The van der Waals surface area contributed by atoms with E-state index in [2.05, 4.69) is 0 Å². The predicted molar refractivity (Wildman–Crippen MR) is 75.2 cm³/mol. The molecule has 2 aromatic rings. The number of hydrogen-bond donors (Lipinski definition) is 1. The molecule has 5 heteroatoms. The summed E-state index contributed by atoms with van der Waals surface area (Å²) < 4.78 is 19.0. The van der Waals surface area contributed by atoms with E-state index in [9.17, 15) is 4.39 Å². The lowest BCUT2D eigenvalue weighted by molar-refractivity contribution is 0.476. The van der Waals surface area contributed by atoms with Crippen molar-refractivity contribution in [2.24, 2.45) is 5.73 Å². The second kappa shape index (κ2) is 5.91. The van der Waals surface area contributed by atoms with Gasteiger partial charge in [0, 0.05) is 17.1 Å². The summed E-state index contributed by atoms with van der Waals surface area (Å²) >= 11 is 6.09. The van der Waals surface area contributed by atoms with Crippen molar-refractivity contribution in [2.45, 2.75) is 13.0 Å². The maximum atomic E-state index is 13.5. The zero-order valence-electron chi connectivity index (χ0n) is 10.7. The van der Waals surface area contributed by atoms with Crippen molar-refractivity contribution in [3.63, 3.8) is 0 Å². The molecule has 3 nitrogen and oxygen atoms in total. The molecule has 0 saturated heterocycles. The Morgan fingerprint density at radius 1 is 1.25 bits per heavy atom. The third-order valence-corrected chi connectivity index (χ3v) is 3.09. The average Bonchev–Trinajstić information content (AvgIpc) is 2.38. The third-order valence-electron chi connectivity index (χ3n) is 2.76. The smallest absolute Gasteiger partial charge is 0.144 e. The van der Waals surface area contributed by atoms with E-state index in [1.165, 1.54) is 12.1 Å². The Hall–Kier alpha value is -2.09. The zero-order valence-corrected chi connectivity index (χ0v) is 11.5. The fourth-order valence-corrected chi connectivity index (χ4v) is 2.07. The van der Waals surface area contributed by atoms with Crippen molar-refractivity contribution in [2.75, 3.05) is 0 Å². The molecule has 0 saturated carbocycles. The van der Waals surface area contributed by atoms with Gasteiger partial charge in [-0.3, -0.25) is 0 Å². The van der Waals surface area contributed by atoms with E-state index in [1.54, 1.807) is 24.3 Å². The summed E-state index contributed by atoms with van der Waals surface area (Å²) in [6, 6.07) is 10.7. The van der Waals surface area contributed by atoms with Crippen LogP contribution in [0.5, 0.6) is 11.5 Å². The van der Waals surface area contributed by atoms with Crippen molar-refractivity contribution in [1.82, 2.24) is 0 Å². The van der Waals surface area contributed by atoms with Crippen LogP contribution in [0.1, 0.15) is 24.1 Å². The van der Waals surface area contributed by atoms with Gasteiger partial charge in [0.25, 0.3) is 0 Å². The van der Waals surface area contributed by atoms with Crippen LogP contribution >= 0.6 is 11.6 Å². The molecule has 1 unspecified atom stereocenters. The molecule has 1 atom stereocenters. The minimum Gasteiger partial charge on any atom is -0.457 e. The van der Waals surface area contributed by atoms with Crippen LogP contribution in [0, 0.1) is 17.1 Å². The van der Waals surface area contributed by atoms with Gasteiger partial charge in [-0.1, -0.05) is 17.7 Å². The van der Waals surface area contributed by atoms with E-state index >= 15 is 0 Å². The number of hydrogen-bond acceptors (Lipinski definition) is 3. The molecule has 2 N–H and O–H groups in total. The molecular formula is C15H12ClFN2O. The summed E-state index contributed by atoms with van der Waals surface area (Å²) in [6.45, 7) is 1.83. The first kappa shape index (κ1) is 14.3. The van der Waals surface area contributed by atoms with Gasteiger partial charge in [0.15, 0.2) is 0 Å². The monoisotopic (exact) mass is 290 g/mol. The lowest BCUT2D eigenvalue weighted by Gasteiger charge is -2.11. The predicted octanol–water partition coefficient (Wildman–Crippen LogP) is 4.16. The van der Waals surface area contributed by atoms with Gasteiger partial charge in [-0.25, -0.2) is 4.39 Å². The minimum atomic E-state index is -0.622. The van der Waals surface area contributed by atoms with Gasteiger partial charge in [-0.2, -0.15) is 5.26 Å². The van der Waals surface area contributed by atoms with E-state index in [0.717, 1.165) is 11.6 Å². The molecular weight excluding hydrogens is 279 g/mol. The molecule has 0 aliphatic heterocycles. The molecule has 0 bridgehead atoms. The summed E-state index contributed by atoms with van der Waals surface area (Å²) in [5.41, 5.74) is 6.55. The second-order valence-electron chi connectivity index (χ2n) is 4.33. The lowest BCUT2D eigenvalue weighted by atomic mass is 10.1. The molecule has 0 heterocycles. The zero-order chi connectivity index (χ0) is 14.7. The Bertz CT molecular complexity index is 680. The van der Waals surface area contributed by atoms with Crippen LogP contribution in [0.4, 0.5) is 4.39 Å².